The number of anilines is 3. The number of aliphatic hydroxyl groups excluding tert-OH is 1. The zero-order valence-corrected chi connectivity index (χ0v) is 19.4. The van der Waals surface area contributed by atoms with Gasteiger partial charge in [0.15, 0.2) is 0 Å². The van der Waals surface area contributed by atoms with Crippen molar-refractivity contribution >= 4 is 39.9 Å². The van der Waals surface area contributed by atoms with Crippen LogP contribution in [0.15, 0.2) is 23.4 Å². The number of hydrogen-bond donors (Lipinski definition) is 2. The number of nitrogens with one attached hydrogen (secondary N) is 1. The summed E-state index contributed by atoms with van der Waals surface area (Å²) >= 11 is 5.93. The average Bonchev–Trinajstić information content (AvgIpc) is 3.44. The van der Waals surface area contributed by atoms with Gasteiger partial charge in [-0.25, -0.2) is 15.0 Å². The molecule has 5 heterocycles. The molecule has 0 radical (unpaired) electrons. The molecule has 32 heavy (non-hydrogen) atoms. The summed E-state index contributed by atoms with van der Waals surface area (Å²) in [6.07, 6.45) is 7.05. The molecule has 2 unspecified atom stereocenters. The van der Waals surface area contributed by atoms with Crippen LogP contribution >= 0.6 is 11.6 Å². The zero-order valence-electron chi connectivity index (χ0n) is 17.8. The summed E-state index contributed by atoms with van der Waals surface area (Å²) in [5, 5.41) is 14.1. The van der Waals surface area contributed by atoms with Crippen molar-refractivity contribution in [3.8, 4) is 0 Å². The summed E-state index contributed by atoms with van der Waals surface area (Å²) in [6, 6.07) is 2.07. The summed E-state index contributed by atoms with van der Waals surface area (Å²) in [6.45, 7) is 3.83. The third kappa shape index (κ3) is 3.45. The number of halogens is 1. The van der Waals surface area contributed by atoms with E-state index in [-0.39, 0.29) is 12.1 Å². The predicted molar refractivity (Wildman–Crippen MR) is 125 cm³/mol. The van der Waals surface area contributed by atoms with E-state index < -0.39 is 10.8 Å². The normalized spacial score (nSPS) is 27.9. The van der Waals surface area contributed by atoms with E-state index in [0.29, 0.717) is 22.6 Å². The minimum atomic E-state index is -1.02. The van der Waals surface area contributed by atoms with Crippen LogP contribution in [0.2, 0.25) is 5.02 Å². The Labute approximate surface area is 194 Å². The molecule has 4 aliphatic rings. The minimum absolute atomic E-state index is 0.0997. The average molecular weight is 475 g/mol. The van der Waals surface area contributed by atoms with Gasteiger partial charge in [0.1, 0.15) is 5.82 Å². The van der Waals surface area contributed by atoms with E-state index in [4.69, 9.17) is 16.6 Å². The standard InChI is InChI=1S/C22H27ClN6O2S/c23-16-7-24-21(25-8-16)29-11-14-9-28(10-15(14)12-29)19-6-18(27-22(13-30)3-1-4-22)20-17(26-19)2-5-32(20)31/h6-8,14-15,30H,1-5,9-13H2,(H,26,27)/t14?,15?,32-/m0/s1. The van der Waals surface area contributed by atoms with Gasteiger partial charge in [-0.3, -0.25) is 4.21 Å². The van der Waals surface area contributed by atoms with Gasteiger partial charge in [-0.15, -0.1) is 0 Å². The van der Waals surface area contributed by atoms with E-state index in [1.807, 2.05) is 0 Å². The van der Waals surface area contributed by atoms with Gasteiger partial charge in [-0.05, 0) is 19.3 Å². The molecule has 8 nitrogen and oxygen atoms in total. The maximum atomic E-state index is 12.7. The molecule has 0 aromatic carbocycles. The summed E-state index contributed by atoms with van der Waals surface area (Å²) < 4.78 is 12.7. The number of aliphatic hydroxyl groups is 1. The fraction of sp³-hybridized carbons (Fsp3) is 0.591. The monoisotopic (exact) mass is 474 g/mol. The van der Waals surface area contributed by atoms with Gasteiger partial charge in [-0.2, -0.15) is 0 Å². The Morgan fingerprint density at radius 1 is 1.16 bits per heavy atom. The third-order valence-electron chi connectivity index (χ3n) is 7.49. The minimum Gasteiger partial charge on any atom is -0.394 e. The SMILES string of the molecule is O=[S@]1CCc2nc(N3CC4CN(c5ncc(Cl)cn5)CC4C3)cc(NC3(CO)CCC3)c21. The maximum absolute atomic E-state index is 12.7. The molecule has 10 heteroatoms. The Morgan fingerprint density at radius 3 is 2.47 bits per heavy atom. The van der Waals surface area contributed by atoms with Crippen LogP contribution in [0.1, 0.15) is 25.0 Å². The molecule has 2 aromatic rings. The van der Waals surface area contributed by atoms with E-state index in [0.717, 1.165) is 79.9 Å². The van der Waals surface area contributed by atoms with E-state index in [1.54, 1.807) is 12.4 Å². The van der Waals surface area contributed by atoms with E-state index in [9.17, 15) is 9.32 Å². The molecule has 170 valence electrons. The molecule has 2 saturated heterocycles. The van der Waals surface area contributed by atoms with Gasteiger partial charge in [-0.1, -0.05) is 11.6 Å². The van der Waals surface area contributed by atoms with Crippen molar-refractivity contribution in [1.29, 1.82) is 0 Å². The molecule has 0 bridgehead atoms. The van der Waals surface area contributed by atoms with Crippen LogP contribution in [0.25, 0.3) is 0 Å². The number of aryl methyl sites for hydroxylation is 1. The lowest BCUT2D eigenvalue weighted by atomic mass is 9.77. The summed E-state index contributed by atoms with van der Waals surface area (Å²) in [4.78, 5) is 19.2. The Hall–Kier alpha value is -1.97. The number of hydrogen-bond acceptors (Lipinski definition) is 8. The van der Waals surface area contributed by atoms with Crippen LogP contribution in [-0.4, -0.2) is 68.3 Å². The highest BCUT2D eigenvalue weighted by atomic mass is 35.5. The first kappa shape index (κ1) is 20.6. The second-order valence-corrected chi connectivity index (χ2v) is 11.5. The van der Waals surface area contributed by atoms with Crippen LogP contribution in [0, 0.1) is 11.8 Å². The first-order valence-corrected chi connectivity index (χ1v) is 13.0. The van der Waals surface area contributed by atoms with Crippen molar-refractivity contribution < 1.29 is 9.32 Å². The Morgan fingerprint density at radius 2 is 1.84 bits per heavy atom. The summed E-state index contributed by atoms with van der Waals surface area (Å²) in [5.74, 6) is 3.40. The van der Waals surface area contributed by atoms with E-state index in [2.05, 4.69) is 31.2 Å². The Balaban J connectivity index is 1.22. The second kappa shape index (κ2) is 7.81. The number of aromatic nitrogens is 3. The molecular formula is C22H27ClN6O2S. The number of nitrogens with zero attached hydrogens (tertiary/aromatic N) is 5. The highest BCUT2D eigenvalue weighted by Crippen LogP contribution is 2.41. The van der Waals surface area contributed by atoms with Crippen LogP contribution in [-0.2, 0) is 17.2 Å². The molecule has 0 amide bonds. The first-order chi connectivity index (χ1) is 15.5. The molecule has 6 rings (SSSR count). The lowest BCUT2D eigenvalue weighted by molar-refractivity contribution is 0.144. The Bertz CT molecular complexity index is 1040. The molecule has 2 N–H and O–H groups in total. The Kier molecular flexibility index (Phi) is 5.04. The smallest absolute Gasteiger partial charge is 0.225 e. The van der Waals surface area contributed by atoms with E-state index in [1.165, 1.54) is 0 Å². The summed E-state index contributed by atoms with van der Waals surface area (Å²) in [5.41, 5.74) is 1.58. The second-order valence-electron chi connectivity index (χ2n) is 9.55. The topological polar surface area (TPSA) is 94.5 Å². The molecule has 3 fully saturated rings. The largest absolute Gasteiger partial charge is 0.394 e. The van der Waals surface area contributed by atoms with Crippen LogP contribution in [0.4, 0.5) is 17.5 Å². The highest BCUT2D eigenvalue weighted by Gasteiger charge is 2.42. The van der Waals surface area contributed by atoms with Crippen molar-refractivity contribution in [2.75, 3.05) is 53.7 Å². The molecule has 3 aliphatic heterocycles. The zero-order chi connectivity index (χ0) is 21.9. The third-order valence-corrected chi connectivity index (χ3v) is 9.18. The first-order valence-electron chi connectivity index (χ1n) is 11.3. The van der Waals surface area contributed by atoms with Crippen LogP contribution in [0.3, 0.4) is 0 Å². The molecule has 2 aromatic heterocycles. The number of fused-ring (bicyclic) bond motifs is 2. The molecular weight excluding hydrogens is 448 g/mol. The fourth-order valence-corrected chi connectivity index (χ4v) is 7.01. The summed E-state index contributed by atoms with van der Waals surface area (Å²) in [7, 11) is -1.02. The van der Waals surface area contributed by atoms with Gasteiger partial charge in [0.05, 0.1) is 56.6 Å². The fourth-order valence-electron chi connectivity index (χ4n) is 5.57. The van der Waals surface area contributed by atoms with Gasteiger partial charge in [0.2, 0.25) is 5.95 Å². The van der Waals surface area contributed by atoms with Gasteiger partial charge < -0.3 is 20.2 Å². The lowest BCUT2D eigenvalue weighted by Gasteiger charge is -2.42. The van der Waals surface area contributed by atoms with Crippen molar-refractivity contribution in [2.24, 2.45) is 11.8 Å². The lowest BCUT2D eigenvalue weighted by Crippen LogP contribution is -2.48. The predicted octanol–water partition coefficient (Wildman–Crippen LogP) is 2.09. The van der Waals surface area contributed by atoms with Gasteiger partial charge in [0, 0.05) is 56.3 Å². The van der Waals surface area contributed by atoms with Crippen molar-refractivity contribution in [1.82, 2.24) is 15.0 Å². The van der Waals surface area contributed by atoms with Crippen LogP contribution in [0.5, 0.6) is 0 Å². The molecule has 1 aliphatic carbocycles. The highest BCUT2D eigenvalue weighted by molar-refractivity contribution is 7.85. The van der Waals surface area contributed by atoms with E-state index >= 15 is 0 Å². The number of pyridine rings is 1. The van der Waals surface area contributed by atoms with Crippen LogP contribution < -0.4 is 15.1 Å². The van der Waals surface area contributed by atoms with Crippen molar-refractivity contribution in [3.05, 3.63) is 29.2 Å². The molecule has 3 atom stereocenters. The molecule has 1 saturated carbocycles. The van der Waals surface area contributed by atoms with Gasteiger partial charge in [0.25, 0.3) is 0 Å². The quantitative estimate of drug-likeness (QED) is 0.680. The maximum Gasteiger partial charge on any atom is 0.225 e. The molecule has 0 spiro atoms. The van der Waals surface area contributed by atoms with Crippen molar-refractivity contribution in [2.45, 2.75) is 36.1 Å². The van der Waals surface area contributed by atoms with Crippen molar-refractivity contribution in [3.63, 3.8) is 0 Å². The number of rotatable bonds is 5. The van der Waals surface area contributed by atoms with Gasteiger partial charge >= 0.3 is 0 Å².